The van der Waals surface area contributed by atoms with Crippen LogP contribution in [0, 0.1) is 0 Å². The summed E-state index contributed by atoms with van der Waals surface area (Å²) in [5, 5.41) is 3.41. The minimum Gasteiger partial charge on any atom is -0.467 e. The third kappa shape index (κ3) is 6.23. The van der Waals surface area contributed by atoms with E-state index in [2.05, 4.69) is 22.1 Å². The molecule has 1 aromatic rings. The highest BCUT2D eigenvalue weighted by molar-refractivity contribution is 5.79. The Balaban J connectivity index is 1.56. The van der Waals surface area contributed by atoms with E-state index in [4.69, 9.17) is 13.9 Å². The number of nitrogens with one attached hydrogen (secondary N) is 1. The lowest BCUT2D eigenvalue weighted by molar-refractivity contribution is 0.0263. The molecule has 2 rings (SSSR count). The molecule has 2 heterocycles. The van der Waals surface area contributed by atoms with Crippen LogP contribution in [0.4, 0.5) is 0 Å². The first-order chi connectivity index (χ1) is 11.3. The first-order valence-electron chi connectivity index (χ1n) is 8.50. The zero-order chi connectivity index (χ0) is 16.3. The van der Waals surface area contributed by atoms with Crippen LogP contribution in [-0.4, -0.2) is 56.9 Å². The van der Waals surface area contributed by atoms with Gasteiger partial charge in [-0.3, -0.25) is 4.99 Å². The summed E-state index contributed by atoms with van der Waals surface area (Å²) in [4.78, 5) is 6.68. The molecule has 1 N–H and O–H groups in total. The third-order valence-electron chi connectivity index (χ3n) is 3.93. The van der Waals surface area contributed by atoms with Crippen molar-refractivity contribution in [3.8, 4) is 0 Å². The van der Waals surface area contributed by atoms with Crippen molar-refractivity contribution in [1.29, 1.82) is 0 Å². The molecule has 6 nitrogen and oxygen atoms in total. The second-order valence-electron chi connectivity index (χ2n) is 5.60. The molecule has 130 valence electrons. The Morgan fingerprint density at radius 2 is 2.26 bits per heavy atom. The number of nitrogens with zero attached hydrogens (tertiary/aromatic N) is 2. The summed E-state index contributed by atoms with van der Waals surface area (Å²) in [5.74, 6) is 1.84. The Hall–Kier alpha value is -1.53. The van der Waals surface area contributed by atoms with E-state index >= 15 is 0 Å². The Kier molecular flexibility index (Phi) is 7.97. The molecule has 0 bridgehead atoms. The largest absolute Gasteiger partial charge is 0.467 e. The van der Waals surface area contributed by atoms with Gasteiger partial charge >= 0.3 is 0 Å². The zero-order valence-corrected chi connectivity index (χ0v) is 14.3. The number of hydrogen-bond acceptors (Lipinski definition) is 4. The lowest BCUT2D eigenvalue weighted by Crippen LogP contribution is -2.47. The van der Waals surface area contributed by atoms with Gasteiger partial charge in [0.2, 0.25) is 0 Å². The summed E-state index contributed by atoms with van der Waals surface area (Å²) in [6.07, 6.45) is 5.15. The van der Waals surface area contributed by atoms with E-state index in [0.717, 1.165) is 57.2 Å². The standard InChI is InChI=1S/C17H29N3O3/c1-3-22-15-7-10-20(11-8-15)17(18-2)19-9-5-12-21-14-16-6-4-13-23-16/h4,6,13,15H,3,5,7-12,14H2,1-2H3,(H,18,19). The van der Waals surface area contributed by atoms with Crippen molar-refractivity contribution in [2.24, 2.45) is 4.99 Å². The van der Waals surface area contributed by atoms with Gasteiger partial charge in [-0.05, 0) is 38.3 Å². The fraction of sp³-hybridized carbons (Fsp3) is 0.706. The van der Waals surface area contributed by atoms with E-state index in [1.165, 1.54) is 0 Å². The molecule has 23 heavy (non-hydrogen) atoms. The number of furan rings is 1. The molecule has 0 aliphatic carbocycles. The minimum absolute atomic E-state index is 0.407. The van der Waals surface area contributed by atoms with Crippen molar-refractivity contribution in [2.45, 2.75) is 38.9 Å². The molecule has 0 atom stereocenters. The van der Waals surface area contributed by atoms with Gasteiger partial charge in [-0.2, -0.15) is 0 Å². The molecule has 0 radical (unpaired) electrons. The molecular formula is C17H29N3O3. The van der Waals surface area contributed by atoms with Crippen LogP contribution in [0.3, 0.4) is 0 Å². The lowest BCUT2D eigenvalue weighted by atomic mass is 10.1. The second kappa shape index (κ2) is 10.3. The van der Waals surface area contributed by atoms with Crippen molar-refractivity contribution in [2.75, 3.05) is 39.9 Å². The lowest BCUT2D eigenvalue weighted by Gasteiger charge is -2.34. The Morgan fingerprint density at radius 3 is 2.91 bits per heavy atom. The first-order valence-corrected chi connectivity index (χ1v) is 8.50. The molecule has 1 aliphatic heterocycles. The summed E-state index contributed by atoms with van der Waals surface area (Å²) in [6, 6.07) is 3.80. The summed E-state index contributed by atoms with van der Waals surface area (Å²) >= 11 is 0. The first kappa shape index (κ1) is 17.8. The summed E-state index contributed by atoms with van der Waals surface area (Å²) in [5.41, 5.74) is 0. The number of hydrogen-bond donors (Lipinski definition) is 1. The number of guanidine groups is 1. The van der Waals surface area contributed by atoms with E-state index in [9.17, 15) is 0 Å². The number of ether oxygens (including phenoxy) is 2. The molecule has 0 amide bonds. The smallest absolute Gasteiger partial charge is 0.193 e. The van der Waals surface area contributed by atoms with Crippen LogP contribution in [-0.2, 0) is 16.1 Å². The maximum atomic E-state index is 5.69. The fourth-order valence-electron chi connectivity index (χ4n) is 2.74. The van der Waals surface area contributed by atoms with Gasteiger partial charge in [0.1, 0.15) is 12.4 Å². The highest BCUT2D eigenvalue weighted by Crippen LogP contribution is 2.13. The van der Waals surface area contributed by atoms with Crippen molar-refractivity contribution in [3.63, 3.8) is 0 Å². The number of likely N-dealkylation sites (tertiary alicyclic amines) is 1. The van der Waals surface area contributed by atoms with Gasteiger partial charge in [-0.25, -0.2) is 0 Å². The minimum atomic E-state index is 0.407. The SMILES string of the molecule is CCOC1CCN(C(=NC)NCCCOCc2ccco2)CC1. The fourth-order valence-corrected chi connectivity index (χ4v) is 2.74. The van der Waals surface area contributed by atoms with Crippen molar-refractivity contribution < 1.29 is 13.9 Å². The predicted octanol–water partition coefficient (Wildman–Crippen LogP) is 2.26. The van der Waals surface area contributed by atoms with E-state index in [1.54, 1.807) is 6.26 Å². The van der Waals surface area contributed by atoms with Crippen molar-refractivity contribution >= 4 is 5.96 Å². The Labute approximate surface area is 138 Å². The zero-order valence-electron chi connectivity index (χ0n) is 14.3. The van der Waals surface area contributed by atoms with Gasteiger partial charge in [0, 0.05) is 39.9 Å². The average Bonchev–Trinajstić information content (AvgIpc) is 3.09. The van der Waals surface area contributed by atoms with Gasteiger partial charge in [0.15, 0.2) is 5.96 Å². The number of piperidine rings is 1. The molecule has 1 fully saturated rings. The molecule has 1 aliphatic rings. The van der Waals surface area contributed by atoms with Crippen LogP contribution in [0.15, 0.2) is 27.8 Å². The Morgan fingerprint density at radius 1 is 1.43 bits per heavy atom. The summed E-state index contributed by atoms with van der Waals surface area (Å²) in [6.45, 7) is 6.95. The molecule has 0 unspecified atom stereocenters. The predicted molar refractivity (Wildman–Crippen MR) is 90.6 cm³/mol. The van der Waals surface area contributed by atoms with Gasteiger partial charge in [-0.15, -0.1) is 0 Å². The monoisotopic (exact) mass is 323 g/mol. The van der Waals surface area contributed by atoms with Crippen LogP contribution in [0.2, 0.25) is 0 Å². The quantitative estimate of drug-likeness (QED) is 0.452. The molecule has 0 aromatic carbocycles. The average molecular weight is 323 g/mol. The van der Waals surface area contributed by atoms with Crippen LogP contribution in [0.1, 0.15) is 31.9 Å². The highest BCUT2D eigenvalue weighted by atomic mass is 16.5. The van der Waals surface area contributed by atoms with E-state index < -0.39 is 0 Å². The van der Waals surface area contributed by atoms with Crippen LogP contribution < -0.4 is 5.32 Å². The van der Waals surface area contributed by atoms with Gasteiger partial charge in [0.25, 0.3) is 0 Å². The van der Waals surface area contributed by atoms with Crippen LogP contribution >= 0.6 is 0 Å². The normalized spacial score (nSPS) is 16.8. The highest BCUT2D eigenvalue weighted by Gasteiger charge is 2.21. The maximum Gasteiger partial charge on any atom is 0.193 e. The van der Waals surface area contributed by atoms with E-state index in [-0.39, 0.29) is 0 Å². The van der Waals surface area contributed by atoms with E-state index in [0.29, 0.717) is 19.3 Å². The van der Waals surface area contributed by atoms with Crippen LogP contribution in [0.5, 0.6) is 0 Å². The summed E-state index contributed by atoms with van der Waals surface area (Å²) < 4.78 is 16.5. The Bertz CT molecular complexity index is 440. The third-order valence-corrected chi connectivity index (χ3v) is 3.93. The van der Waals surface area contributed by atoms with Crippen LogP contribution in [0.25, 0.3) is 0 Å². The summed E-state index contributed by atoms with van der Waals surface area (Å²) in [7, 11) is 1.84. The molecule has 6 heteroatoms. The maximum absolute atomic E-state index is 5.69. The van der Waals surface area contributed by atoms with Gasteiger partial charge in [0.05, 0.1) is 12.4 Å². The molecular weight excluding hydrogens is 294 g/mol. The van der Waals surface area contributed by atoms with Gasteiger partial charge < -0.3 is 24.1 Å². The second-order valence-corrected chi connectivity index (χ2v) is 5.60. The van der Waals surface area contributed by atoms with Gasteiger partial charge in [-0.1, -0.05) is 0 Å². The topological polar surface area (TPSA) is 59.2 Å². The number of aliphatic imine (C=N–C) groups is 1. The molecule has 0 saturated carbocycles. The molecule has 0 spiro atoms. The van der Waals surface area contributed by atoms with Crippen molar-refractivity contribution in [1.82, 2.24) is 10.2 Å². The molecule has 1 aromatic heterocycles. The van der Waals surface area contributed by atoms with Crippen molar-refractivity contribution in [3.05, 3.63) is 24.2 Å². The number of rotatable bonds is 8. The van der Waals surface area contributed by atoms with E-state index in [1.807, 2.05) is 19.2 Å². The molecule has 1 saturated heterocycles.